The van der Waals surface area contributed by atoms with Crippen LogP contribution in [-0.2, 0) is 11.8 Å². The van der Waals surface area contributed by atoms with Crippen molar-refractivity contribution in [2.75, 3.05) is 0 Å². The Morgan fingerprint density at radius 1 is 0.882 bits per heavy atom. The molecule has 2 heterocycles. The zero-order valence-corrected chi connectivity index (χ0v) is 19.8. The average Bonchev–Trinajstić information content (AvgIpc) is 3.48. The smallest absolute Gasteiger partial charge is 0.251 e. The lowest BCUT2D eigenvalue weighted by molar-refractivity contribution is -0.00714. The molecule has 0 aliphatic heterocycles. The average molecular weight is 471 g/mol. The Hall–Kier alpha value is -2.92. The second-order valence-electron chi connectivity index (χ2n) is 10.7. The van der Waals surface area contributed by atoms with Crippen molar-refractivity contribution in [2.24, 2.45) is 17.8 Å². The first-order chi connectivity index (χ1) is 16.6. The number of nitrogens with zero attached hydrogens (tertiary/aromatic N) is 4. The molecule has 4 aliphatic carbocycles. The Kier molecular flexibility index (Phi) is 4.70. The summed E-state index contributed by atoms with van der Waals surface area (Å²) in [6, 6.07) is 18.1. The zero-order valence-electron chi connectivity index (χ0n) is 19.0. The largest absolute Gasteiger partial charge is 0.420 e. The molecule has 8 rings (SSSR count). The van der Waals surface area contributed by atoms with Gasteiger partial charge in [-0.1, -0.05) is 41.9 Å². The molecule has 0 atom stereocenters. The second kappa shape index (κ2) is 7.81. The van der Waals surface area contributed by atoms with Gasteiger partial charge >= 0.3 is 0 Å². The number of aromatic nitrogens is 4. The molecule has 5 nitrogen and oxygen atoms in total. The van der Waals surface area contributed by atoms with Gasteiger partial charge in [0.05, 0.1) is 23.4 Å². The number of para-hydroxylation sites is 1. The summed E-state index contributed by atoms with van der Waals surface area (Å²) in [7, 11) is 0. The molecule has 4 aliphatic rings. The van der Waals surface area contributed by atoms with E-state index in [9.17, 15) is 0 Å². The van der Waals surface area contributed by atoms with E-state index in [-0.39, 0.29) is 5.41 Å². The van der Waals surface area contributed by atoms with Crippen LogP contribution in [-0.4, -0.2) is 20.0 Å². The van der Waals surface area contributed by atoms with Crippen molar-refractivity contribution in [3.8, 4) is 17.1 Å². The van der Waals surface area contributed by atoms with Crippen LogP contribution in [0.4, 0.5) is 0 Å². The van der Waals surface area contributed by atoms with Gasteiger partial charge in [0.15, 0.2) is 0 Å². The molecule has 2 aromatic carbocycles. The van der Waals surface area contributed by atoms with E-state index in [0.29, 0.717) is 18.2 Å². The highest BCUT2D eigenvalue weighted by atomic mass is 35.5. The lowest BCUT2D eigenvalue weighted by atomic mass is 9.48. The van der Waals surface area contributed by atoms with Gasteiger partial charge in [0.25, 0.3) is 5.89 Å². The molecule has 0 amide bonds. The maximum absolute atomic E-state index is 6.25. The molecular formula is C28H27ClN4O. The van der Waals surface area contributed by atoms with Crippen LogP contribution < -0.4 is 0 Å². The fourth-order valence-corrected chi connectivity index (χ4v) is 7.37. The summed E-state index contributed by atoms with van der Waals surface area (Å²) in [5, 5.41) is 14.8. The molecule has 0 N–H and O–H groups in total. The van der Waals surface area contributed by atoms with E-state index in [1.807, 2.05) is 35.0 Å². The van der Waals surface area contributed by atoms with E-state index in [1.165, 1.54) is 38.5 Å². The first kappa shape index (κ1) is 20.5. The molecular weight excluding hydrogens is 444 g/mol. The summed E-state index contributed by atoms with van der Waals surface area (Å²) in [5.74, 6) is 3.70. The summed E-state index contributed by atoms with van der Waals surface area (Å²) >= 11 is 6.04. The van der Waals surface area contributed by atoms with Gasteiger partial charge in [0.1, 0.15) is 0 Å². The lowest BCUT2D eigenvalue weighted by Crippen LogP contribution is -2.49. The topological polar surface area (TPSA) is 56.7 Å². The lowest BCUT2D eigenvalue weighted by Gasteiger charge is -2.56. The highest BCUT2D eigenvalue weighted by Crippen LogP contribution is 2.61. The molecule has 0 radical (unpaired) electrons. The van der Waals surface area contributed by atoms with Crippen molar-refractivity contribution in [2.45, 2.75) is 50.4 Å². The minimum atomic E-state index is 0.134. The molecule has 4 saturated carbocycles. The first-order valence-electron chi connectivity index (χ1n) is 12.4. The van der Waals surface area contributed by atoms with Gasteiger partial charge in [-0.25, -0.2) is 4.68 Å². The Balaban J connectivity index is 1.29. The van der Waals surface area contributed by atoms with Gasteiger partial charge in [-0.2, -0.15) is 5.10 Å². The minimum Gasteiger partial charge on any atom is -0.420 e. The monoisotopic (exact) mass is 470 g/mol. The number of hydrogen-bond donors (Lipinski definition) is 0. The van der Waals surface area contributed by atoms with Crippen molar-refractivity contribution in [3.05, 3.63) is 83.0 Å². The first-order valence-corrected chi connectivity index (χ1v) is 12.7. The van der Waals surface area contributed by atoms with E-state index in [2.05, 4.69) is 40.7 Å². The predicted molar refractivity (Wildman–Crippen MR) is 131 cm³/mol. The van der Waals surface area contributed by atoms with Crippen LogP contribution in [0, 0.1) is 17.8 Å². The third kappa shape index (κ3) is 3.49. The highest BCUT2D eigenvalue weighted by molar-refractivity contribution is 6.30. The van der Waals surface area contributed by atoms with Crippen LogP contribution in [0.25, 0.3) is 17.1 Å². The molecule has 172 valence electrons. The van der Waals surface area contributed by atoms with E-state index >= 15 is 0 Å². The minimum absolute atomic E-state index is 0.134. The fourth-order valence-electron chi connectivity index (χ4n) is 7.25. The zero-order chi connectivity index (χ0) is 22.7. The standard InChI is InChI=1S/C28H27ClN4O/c29-22-8-6-18(7-9-22)13-25-30-31-27(34-25)24-17-33(23-4-2-1-3-5-23)32-26(24)28-14-19-10-20(15-28)12-21(11-19)16-28/h1-9,17,19-21H,10-16H2. The van der Waals surface area contributed by atoms with Crippen molar-refractivity contribution in [1.82, 2.24) is 20.0 Å². The van der Waals surface area contributed by atoms with Gasteiger partial charge in [0.2, 0.25) is 5.89 Å². The van der Waals surface area contributed by atoms with Crippen LogP contribution in [0.15, 0.2) is 65.2 Å². The SMILES string of the molecule is Clc1ccc(Cc2nnc(-c3cn(-c4ccccc4)nc3C34CC5CC(CC(C5)C3)C4)o2)cc1. The summed E-state index contributed by atoms with van der Waals surface area (Å²) in [5.41, 5.74) is 4.45. The molecule has 0 unspecified atom stereocenters. The summed E-state index contributed by atoms with van der Waals surface area (Å²) in [6.45, 7) is 0. The van der Waals surface area contributed by atoms with E-state index in [1.54, 1.807) is 0 Å². The number of benzene rings is 2. The normalized spacial score (nSPS) is 27.4. The second-order valence-corrected chi connectivity index (χ2v) is 11.1. The Labute approximate surface area is 204 Å². The predicted octanol–water partition coefficient (Wildman–Crippen LogP) is 6.63. The number of hydrogen-bond acceptors (Lipinski definition) is 4. The molecule has 34 heavy (non-hydrogen) atoms. The van der Waals surface area contributed by atoms with E-state index in [4.69, 9.17) is 21.1 Å². The third-order valence-electron chi connectivity index (χ3n) is 8.24. The maximum Gasteiger partial charge on any atom is 0.251 e. The Bertz CT molecular complexity index is 1290. The summed E-state index contributed by atoms with van der Waals surface area (Å²) in [4.78, 5) is 0. The van der Waals surface area contributed by atoms with Crippen LogP contribution in [0.2, 0.25) is 5.02 Å². The molecule has 4 fully saturated rings. The van der Waals surface area contributed by atoms with E-state index in [0.717, 1.165) is 45.3 Å². The van der Waals surface area contributed by atoms with Crippen molar-refractivity contribution < 1.29 is 4.42 Å². The summed E-state index contributed by atoms with van der Waals surface area (Å²) in [6.07, 6.45) is 10.6. The van der Waals surface area contributed by atoms with Gasteiger partial charge in [0, 0.05) is 16.6 Å². The summed E-state index contributed by atoms with van der Waals surface area (Å²) < 4.78 is 8.25. The van der Waals surface area contributed by atoms with Crippen LogP contribution in [0.1, 0.15) is 55.7 Å². The van der Waals surface area contributed by atoms with Crippen LogP contribution >= 0.6 is 11.6 Å². The van der Waals surface area contributed by atoms with Gasteiger partial charge in [-0.05, 0) is 86.1 Å². The molecule has 2 aromatic heterocycles. The van der Waals surface area contributed by atoms with Gasteiger partial charge in [-0.3, -0.25) is 0 Å². The fraction of sp³-hybridized carbons (Fsp3) is 0.393. The quantitative estimate of drug-likeness (QED) is 0.328. The van der Waals surface area contributed by atoms with Crippen LogP contribution in [0.3, 0.4) is 0 Å². The van der Waals surface area contributed by atoms with Gasteiger partial charge < -0.3 is 4.42 Å². The number of rotatable bonds is 5. The Morgan fingerprint density at radius 3 is 2.24 bits per heavy atom. The van der Waals surface area contributed by atoms with Crippen molar-refractivity contribution >= 4 is 11.6 Å². The Morgan fingerprint density at radius 2 is 1.56 bits per heavy atom. The van der Waals surface area contributed by atoms with Gasteiger partial charge in [-0.15, -0.1) is 10.2 Å². The van der Waals surface area contributed by atoms with E-state index < -0.39 is 0 Å². The molecule has 4 bridgehead atoms. The van der Waals surface area contributed by atoms with Crippen molar-refractivity contribution in [1.29, 1.82) is 0 Å². The maximum atomic E-state index is 6.25. The molecule has 4 aromatic rings. The van der Waals surface area contributed by atoms with Crippen molar-refractivity contribution in [3.63, 3.8) is 0 Å². The van der Waals surface area contributed by atoms with Crippen LogP contribution in [0.5, 0.6) is 0 Å². The third-order valence-corrected chi connectivity index (χ3v) is 8.49. The number of halogens is 1. The highest BCUT2D eigenvalue weighted by Gasteiger charge is 2.53. The molecule has 0 spiro atoms. The molecule has 0 saturated heterocycles. The molecule has 6 heteroatoms.